The molecule has 1 amide bonds. The lowest BCUT2D eigenvalue weighted by Gasteiger charge is -2.09. The molecule has 0 aliphatic rings. The fourth-order valence-corrected chi connectivity index (χ4v) is 1.84. The van der Waals surface area contributed by atoms with Crippen LogP contribution in [-0.2, 0) is 0 Å². The number of benzene rings is 2. The summed E-state index contributed by atoms with van der Waals surface area (Å²) < 4.78 is 5.05. The van der Waals surface area contributed by atoms with Gasteiger partial charge in [0.15, 0.2) is 0 Å². The summed E-state index contributed by atoms with van der Waals surface area (Å²) in [7, 11) is 1.47. The zero-order chi connectivity index (χ0) is 14.7. The van der Waals surface area contributed by atoms with Crippen molar-refractivity contribution in [1.29, 1.82) is 0 Å². The second kappa shape index (κ2) is 5.71. The predicted octanol–water partition coefficient (Wildman–Crippen LogP) is 3.01. The monoisotopic (exact) mass is 293 g/mol. The Bertz CT molecular complexity index is 658. The summed E-state index contributed by atoms with van der Waals surface area (Å²) in [5.74, 6) is -0.498. The Morgan fingerprint density at radius 1 is 1.20 bits per heavy atom. The van der Waals surface area contributed by atoms with Crippen LogP contribution in [0.3, 0.4) is 0 Å². The van der Waals surface area contributed by atoms with Gasteiger partial charge in [-0.3, -0.25) is 4.79 Å². The molecule has 2 aromatic carbocycles. The molecular weight excluding hydrogens is 282 g/mol. The van der Waals surface area contributed by atoms with Crippen molar-refractivity contribution in [3.05, 3.63) is 47.0 Å². The number of phenols is 2. The molecule has 6 heteroatoms. The van der Waals surface area contributed by atoms with Crippen LogP contribution in [0.2, 0.25) is 5.02 Å². The number of halogens is 1. The van der Waals surface area contributed by atoms with E-state index in [2.05, 4.69) is 5.32 Å². The number of carbonyl (C=O) groups is 1. The minimum absolute atomic E-state index is 0.0525. The molecule has 0 saturated carbocycles. The summed E-state index contributed by atoms with van der Waals surface area (Å²) in [6.45, 7) is 0. The summed E-state index contributed by atoms with van der Waals surface area (Å²) in [5.41, 5.74) is 0.528. The summed E-state index contributed by atoms with van der Waals surface area (Å²) in [6, 6.07) is 8.51. The van der Waals surface area contributed by atoms with E-state index in [1.165, 1.54) is 19.2 Å². The molecule has 0 spiro atoms. The van der Waals surface area contributed by atoms with E-state index in [0.717, 1.165) is 6.07 Å². The van der Waals surface area contributed by atoms with Crippen molar-refractivity contribution in [2.24, 2.45) is 0 Å². The van der Waals surface area contributed by atoms with Gasteiger partial charge in [-0.2, -0.15) is 0 Å². The van der Waals surface area contributed by atoms with Crippen LogP contribution in [0.5, 0.6) is 17.2 Å². The van der Waals surface area contributed by atoms with Crippen LogP contribution in [0, 0.1) is 0 Å². The van der Waals surface area contributed by atoms with Gasteiger partial charge >= 0.3 is 0 Å². The summed E-state index contributed by atoms with van der Waals surface area (Å²) in [6.07, 6.45) is 0. The Kier molecular flexibility index (Phi) is 4.00. The number of nitrogens with one attached hydrogen (secondary N) is 1. The fourth-order valence-electron chi connectivity index (χ4n) is 1.65. The second-order valence-corrected chi connectivity index (χ2v) is 4.41. The van der Waals surface area contributed by atoms with Crippen LogP contribution in [0.1, 0.15) is 10.4 Å². The van der Waals surface area contributed by atoms with Crippen molar-refractivity contribution in [3.63, 3.8) is 0 Å². The van der Waals surface area contributed by atoms with Crippen molar-refractivity contribution in [3.8, 4) is 17.2 Å². The van der Waals surface area contributed by atoms with Crippen molar-refractivity contribution in [2.75, 3.05) is 12.4 Å². The van der Waals surface area contributed by atoms with E-state index in [-0.39, 0.29) is 17.1 Å². The molecule has 0 heterocycles. The Balaban J connectivity index is 2.23. The second-order valence-electron chi connectivity index (χ2n) is 4.00. The first-order valence-corrected chi connectivity index (χ1v) is 6.06. The Hall–Kier alpha value is -2.40. The topological polar surface area (TPSA) is 78.8 Å². The zero-order valence-corrected chi connectivity index (χ0v) is 11.3. The van der Waals surface area contributed by atoms with E-state index in [0.29, 0.717) is 16.5 Å². The Morgan fingerprint density at radius 3 is 2.60 bits per heavy atom. The third-order valence-electron chi connectivity index (χ3n) is 2.63. The van der Waals surface area contributed by atoms with Gasteiger partial charge in [0.1, 0.15) is 17.2 Å². The highest BCUT2D eigenvalue weighted by Gasteiger charge is 2.12. The van der Waals surface area contributed by atoms with Crippen LogP contribution in [0.4, 0.5) is 5.69 Å². The quantitative estimate of drug-likeness (QED) is 0.813. The van der Waals surface area contributed by atoms with Gasteiger partial charge in [-0.1, -0.05) is 11.6 Å². The summed E-state index contributed by atoms with van der Waals surface area (Å²) in [5, 5.41) is 21.8. The van der Waals surface area contributed by atoms with E-state index >= 15 is 0 Å². The van der Waals surface area contributed by atoms with Crippen LogP contribution >= 0.6 is 11.6 Å². The third-order valence-corrected chi connectivity index (χ3v) is 2.95. The number of rotatable bonds is 3. The highest BCUT2D eigenvalue weighted by Crippen LogP contribution is 2.28. The maximum absolute atomic E-state index is 12.0. The van der Waals surface area contributed by atoms with Crippen molar-refractivity contribution >= 4 is 23.2 Å². The molecular formula is C14H12ClNO4. The SMILES string of the molecule is COc1cc(NC(=O)c2ccc(O)cc2O)ccc1Cl. The number of hydrogen-bond donors (Lipinski definition) is 3. The number of carbonyl (C=O) groups excluding carboxylic acids is 1. The largest absolute Gasteiger partial charge is 0.508 e. The maximum Gasteiger partial charge on any atom is 0.259 e. The van der Waals surface area contributed by atoms with Crippen LogP contribution in [0.25, 0.3) is 0 Å². The molecule has 0 bridgehead atoms. The van der Waals surface area contributed by atoms with Gasteiger partial charge in [0.2, 0.25) is 0 Å². The number of ether oxygens (including phenoxy) is 1. The molecule has 0 saturated heterocycles. The summed E-state index contributed by atoms with van der Waals surface area (Å²) >= 11 is 5.89. The molecule has 0 aliphatic carbocycles. The highest BCUT2D eigenvalue weighted by atomic mass is 35.5. The van der Waals surface area contributed by atoms with E-state index in [9.17, 15) is 15.0 Å². The molecule has 2 rings (SSSR count). The standard InChI is InChI=1S/C14H12ClNO4/c1-20-13-6-8(2-5-11(13)15)16-14(19)10-4-3-9(17)7-12(10)18/h2-7,17-18H,1H3,(H,16,19). The normalized spacial score (nSPS) is 10.1. The first-order valence-electron chi connectivity index (χ1n) is 5.68. The van der Waals surface area contributed by atoms with E-state index < -0.39 is 5.91 Å². The molecule has 0 unspecified atom stereocenters. The number of amides is 1. The molecule has 104 valence electrons. The van der Waals surface area contributed by atoms with Gasteiger partial charge in [-0.25, -0.2) is 0 Å². The first kappa shape index (κ1) is 14.0. The van der Waals surface area contributed by atoms with Crippen molar-refractivity contribution in [1.82, 2.24) is 0 Å². The van der Waals surface area contributed by atoms with Crippen LogP contribution in [-0.4, -0.2) is 23.2 Å². The smallest absolute Gasteiger partial charge is 0.259 e. The number of methoxy groups -OCH3 is 1. The van der Waals surface area contributed by atoms with Gasteiger partial charge < -0.3 is 20.3 Å². The first-order chi connectivity index (χ1) is 9.51. The highest BCUT2D eigenvalue weighted by molar-refractivity contribution is 6.32. The van der Waals surface area contributed by atoms with Gasteiger partial charge in [-0.05, 0) is 24.3 Å². The molecule has 0 fully saturated rings. The minimum atomic E-state index is -0.508. The molecule has 20 heavy (non-hydrogen) atoms. The number of aromatic hydroxyl groups is 2. The maximum atomic E-state index is 12.0. The van der Waals surface area contributed by atoms with Gasteiger partial charge in [0.05, 0.1) is 17.7 Å². The van der Waals surface area contributed by atoms with E-state index in [1.54, 1.807) is 18.2 Å². The minimum Gasteiger partial charge on any atom is -0.508 e. The molecule has 0 aromatic heterocycles. The van der Waals surface area contributed by atoms with E-state index in [1.807, 2.05) is 0 Å². The number of anilines is 1. The fraction of sp³-hybridized carbons (Fsp3) is 0.0714. The van der Waals surface area contributed by atoms with Crippen LogP contribution in [0.15, 0.2) is 36.4 Å². The molecule has 0 aliphatic heterocycles. The van der Waals surface area contributed by atoms with Crippen molar-refractivity contribution < 1.29 is 19.7 Å². The predicted molar refractivity (Wildman–Crippen MR) is 75.7 cm³/mol. The van der Waals surface area contributed by atoms with E-state index in [4.69, 9.17) is 16.3 Å². The average molecular weight is 294 g/mol. The zero-order valence-electron chi connectivity index (χ0n) is 10.6. The van der Waals surface area contributed by atoms with Crippen LogP contribution < -0.4 is 10.1 Å². The lowest BCUT2D eigenvalue weighted by Crippen LogP contribution is -2.12. The number of hydrogen-bond acceptors (Lipinski definition) is 4. The Labute approximate surface area is 120 Å². The Morgan fingerprint density at radius 2 is 1.95 bits per heavy atom. The van der Waals surface area contributed by atoms with Crippen molar-refractivity contribution in [2.45, 2.75) is 0 Å². The molecule has 0 atom stereocenters. The molecule has 3 N–H and O–H groups in total. The number of phenolic OH excluding ortho intramolecular Hbond substituents is 2. The molecule has 5 nitrogen and oxygen atoms in total. The summed E-state index contributed by atoms with van der Waals surface area (Å²) in [4.78, 5) is 12.0. The lowest BCUT2D eigenvalue weighted by atomic mass is 10.1. The van der Waals surface area contributed by atoms with Gasteiger partial charge in [-0.15, -0.1) is 0 Å². The molecule has 0 radical (unpaired) electrons. The van der Waals surface area contributed by atoms with Gasteiger partial charge in [0, 0.05) is 17.8 Å². The lowest BCUT2D eigenvalue weighted by molar-refractivity contribution is 0.102. The third kappa shape index (κ3) is 2.95. The molecule has 2 aromatic rings. The average Bonchev–Trinajstić information content (AvgIpc) is 2.40. The van der Waals surface area contributed by atoms with Gasteiger partial charge in [0.25, 0.3) is 5.91 Å².